The van der Waals surface area contributed by atoms with Crippen molar-refractivity contribution in [3.05, 3.63) is 21.9 Å². The van der Waals surface area contributed by atoms with Crippen molar-refractivity contribution in [1.29, 1.82) is 0 Å². The molecular formula is C14H22N2O3S. The number of hydrogen-bond acceptors (Lipinski definition) is 5. The second-order valence-electron chi connectivity index (χ2n) is 5.19. The minimum atomic E-state index is -0.444. The Labute approximate surface area is 123 Å². The summed E-state index contributed by atoms with van der Waals surface area (Å²) in [5, 5.41) is 5.93. The van der Waals surface area contributed by atoms with Gasteiger partial charge in [0.05, 0.1) is 18.9 Å². The van der Waals surface area contributed by atoms with Crippen molar-refractivity contribution >= 4 is 23.2 Å². The molecular weight excluding hydrogens is 276 g/mol. The van der Waals surface area contributed by atoms with Gasteiger partial charge in [0.15, 0.2) is 0 Å². The molecule has 0 bridgehead atoms. The van der Waals surface area contributed by atoms with E-state index in [0.29, 0.717) is 19.5 Å². The number of amides is 1. The number of ether oxygens (including phenoxy) is 1. The second-order valence-corrected chi connectivity index (χ2v) is 6.44. The third-order valence-electron chi connectivity index (χ3n) is 2.97. The summed E-state index contributed by atoms with van der Waals surface area (Å²) >= 11 is 1.58. The molecule has 1 rings (SSSR count). The molecule has 1 aromatic heterocycles. The molecule has 0 fully saturated rings. The van der Waals surface area contributed by atoms with Gasteiger partial charge < -0.3 is 15.4 Å². The molecule has 1 heterocycles. The molecule has 6 heteroatoms. The van der Waals surface area contributed by atoms with Gasteiger partial charge in [-0.3, -0.25) is 9.59 Å². The van der Waals surface area contributed by atoms with E-state index >= 15 is 0 Å². The fourth-order valence-electron chi connectivity index (χ4n) is 1.74. The van der Waals surface area contributed by atoms with Gasteiger partial charge in [-0.05, 0) is 26.0 Å². The molecule has 1 amide bonds. The minimum absolute atomic E-state index is 0.0163. The molecule has 0 atom stereocenters. The smallest absolute Gasteiger partial charge is 0.310 e. The van der Waals surface area contributed by atoms with Crippen LogP contribution in [0.1, 0.15) is 23.6 Å². The number of carbonyl (C=O) groups excluding carboxylic acids is 2. The SMILES string of the molecule is CNC(=O)C(C)(C)CNCc1ccc(CC(=O)OC)s1. The first-order chi connectivity index (χ1) is 9.39. The zero-order valence-corrected chi connectivity index (χ0v) is 13.2. The lowest BCUT2D eigenvalue weighted by atomic mass is 9.92. The number of carbonyl (C=O) groups is 2. The van der Waals surface area contributed by atoms with E-state index in [1.807, 2.05) is 26.0 Å². The van der Waals surface area contributed by atoms with Crippen LogP contribution >= 0.6 is 11.3 Å². The fraction of sp³-hybridized carbons (Fsp3) is 0.571. The number of nitrogens with one attached hydrogen (secondary N) is 2. The Morgan fingerprint density at radius 1 is 1.30 bits per heavy atom. The van der Waals surface area contributed by atoms with Gasteiger partial charge in [0.1, 0.15) is 0 Å². The maximum atomic E-state index is 11.6. The standard InChI is InChI=1S/C14H22N2O3S/c1-14(2,13(18)15-3)9-16-8-11-6-5-10(20-11)7-12(17)19-4/h5-6,16H,7-9H2,1-4H3,(H,15,18). The van der Waals surface area contributed by atoms with Gasteiger partial charge in [-0.25, -0.2) is 0 Å². The Kier molecular flexibility index (Phi) is 6.16. The number of methoxy groups -OCH3 is 1. The van der Waals surface area contributed by atoms with Crippen LogP contribution < -0.4 is 10.6 Å². The molecule has 0 aromatic carbocycles. The summed E-state index contributed by atoms with van der Waals surface area (Å²) < 4.78 is 4.64. The first-order valence-corrected chi connectivity index (χ1v) is 7.28. The van der Waals surface area contributed by atoms with E-state index in [1.165, 1.54) is 7.11 Å². The zero-order valence-electron chi connectivity index (χ0n) is 12.4. The van der Waals surface area contributed by atoms with Crippen LogP contribution in [0.2, 0.25) is 0 Å². The molecule has 0 radical (unpaired) electrons. The third-order valence-corrected chi connectivity index (χ3v) is 4.06. The largest absolute Gasteiger partial charge is 0.469 e. The van der Waals surface area contributed by atoms with Crippen LogP contribution in [0.5, 0.6) is 0 Å². The molecule has 0 saturated carbocycles. The summed E-state index contributed by atoms with van der Waals surface area (Å²) in [6.07, 6.45) is 0.310. The zero-order chi connectivity index (χ0) is 15.2. The lowest BCUT2D eigenvalue weighted by Gasteiger charge is -2.22. The van der Waals surface area contributed by atoms with Gasteiger partial charge in [0.2, 0.25) is 5.91 Å². The van der Waals surface area contributed by atoms with Crippen LogP contribution in [0.3, 0.4) is 0 Å². The van der Waals surface area contributed by atoms with Crippen LogP contribution in [0.15, 0.2) is 12.1 Å². The van der Waals surface area contributed by atoms with Crippen molar-refractivity contribution in [2.75, 3.05) is 20.7 Å². The summed E-state index contributed by atoms with van der Waals surface area (Å²) in [5.74, 6) is -0.213. The summed E-state index contributed by atoms with van der Waals surface area (Å²) in [5.41, 5.74) is -0.444. The summed E-state index contributed by atoms with van der Waals surface area (Å²) in [6.45, 7) is 5.08. The number of thiophene rings is 1. The van der Waals surface area contributed by atoms with Gasteiger partial charge in [-0.2, -0.15) is 0 Å². The van der Waals surface area contributed by atoms with E-state index in [-0.39, 0.29) is 11.9 Å². The van der Waals surface area contributed by atoms with E-state index < -0.39 is 5.41 Å². The van der Waals surface area contributed by atoms with Crippen molar-refractivity contribution < 1.29 is 14.3 Å². The van der Waals surface area contributed by atoms with Crippen LogP contribution in [0, 0.1) is 5.41 Å². The molecule has 5 nitrogen and oxygen atoms in total. The first kappa shape index (κ1) is 16.7. The summed E-state index contributed by atoms with van der Waals surface area (Å²) in [6, 6.07) is 3.92. The highest BCUT2D eigenvalue weighted by Crippen LogP contribution is 2.18. The highest BCUT2D eigenvalue weighted by Gasteiger charge is 2.25. The Bertz CT molecular complexity index is 469. The molecule has 0 aliphatic carbocycles. The lowest BCUT2D eigenvalue weighted by Crippen LogP contribution is -2.41. The number of esters is 1. The van der Waals surface area contributed by atoms with Crippen molar-refractivity contribution in [1.82, 2.24) is 10.6 Å². The maximum Gasteiger partial charge on any atom is 0.310 e. The van der Waals surface area contributed by atoms with Gasteiger partial charge in [0, 0.05) is 29.9 Å². The first-order valence-electron chi connectivity index (χ1n) is 6.46. The minimum Gasteiger partial charge on any atom is -0.469 e. The predicted molar refractivity (Wildman–Crippen MR) is 79.6 cm³/mol. The van der Waals surface area contributed by atoms with Gasteiger partial charge in [0.25, 0.3) is 0 Å². The van der Waals surface area contributed by atoms with Crippen LogP contribution in [0.4, 0.5) is 0 Å². The predicted octanol–water partition coefficient (Wildman–Crippen LogP) is 1.33. The van der Waals surface area contributed by atoms with E-state index in [1.54, 1.807) is 18.4 Å². The Hall–Kier alpha value is -1.40. The van der Waals surface area contributed by atoms with Crippen molar-refractivity contribution in [2.45, 2.75) is 26.8 Å². The molecule has 0 saturated heterocycles. The van der Waals surface area contributed by atoms with E-state index in [0.717, 1.165) is 9.75 Å². The van der Waals surface area contributed by atoms with Crippen LogP contribution in [-0.2, 0) is 27.3 Å². The Morgan fingerprint density at radius 3 is 2.55 bits per heavy atom. The Balaban J connectivity index is 2.43. The molecule has 2 N–H and O–H groups in total. The number of rotatable bonds is 7. The molecule has 1 aromatic rings. The van der Waals surface area contributed by atoms with Gasteiger partial charge in [-0.1, -0.05) is 0 Å². The molecule has 112 valence electrons. The molecule has 0 aliphatic rings. The van der Waals surface area contributed by atoms with Crippen molar-refractivity contribution in [2.24, 2.45) is 5.41 Å². The lowest BCUT2D eigenvalue weighted by molar-refractivity contribution is -0.139. The molecule has 0 unspecified atom stereocenters. The topological polar surface area (TPSA) is 67.4 Å². The highest BCUT2D eigenvalue weighted by atomic mass is 32.1. The molecule has 0 aliphatic heterocycles. The summed E-state index contributed by atoms with van der Waals surface area (Å²) in [7, 11) is 3.03. The number of hydrogen-bond donors (Lipinski definition) is 2. The van der Waals surface area contributed by atoms with Gasteiger partial charge in [-0.15, -0.1) is 11.3 Å². The fourth-order valence-corrected chi connectivity index (χ4v) is 2.72. The molecule has 0 spiro atoms. The normalized spacial score (nSPS) is 11.2. The summed E-state index contributed by atoms with van der Waals surface area (Å²) in [4.78, 5) is 24.9. The average Bonchev–Trinajstić information content (AvgIpc) is 2.84. The van der Waals surface area contributed by atoms with Crippen LogP contribution in [-0.4, -0.2) is 32.6 Å². The highest BCUT2D eigenvalue weighted by molar-refractivity contribution is 7.12. The van der Waals surface area contributed by atoms with E-state index in [4.69, 9.17) is 0 Å². The monoisotopic (exact) mass is 298 g/mol. The third kappa shape index (κ3) is 4.94. The van der Waals surface area contributed by atoms with Gasteiger partial charge >= 0.3 is 5.97 Å². The average molecular weight is 298 g/mol. The van der Waals surface area contributed by atoms with Crippen molar-refractivity contribution in [3.8, 4) is 0 Å². The molecule has 20 heavy (non-hydrogen) atoms. The van der Waals surface area contributed by atoms with Crippen molar-refractivity contribution in [3.63, 3.8) is 0 Å². The van der Waals surface area contributed by atoms with Crippen LogP contribution in [0.25, 0.3) is 0 Å². The second kappa shape index (κ2) is 7.40. The van der Waals surface area contributed by atoms with E-state index in [2.05, 4.69) is 15.4 Å². The maximum absolute atomic E-state index is 11.6. The van der Waals surface area contributed by atoms with E-state index in [9.17, 15) is 9.59 Å². The Morgan fingerprint density at radius 2 is 1.95 bits per heavy atom. The quantitative estimate of drug-likeness (QED) is 0.745.